The number of rotatable bonds is 6. The summed E-state index contributed by atoms with van der Waals surface area (Å²) in [7, 11) is 0. The zero-order valence-corrected chi connectivity index (χ0v) is 25.4. The zero-order valence-electron chi connectivity index (χ0n) is 23.8. The molecule has 3 aliphatic heterocycles. The van der Waals surface area contributed by atoms with Crippen LogP contribution in [-0.2, 0) is 0 Å². The molecule has 8 nitrogen and oxygen atoms in total. The van der Waals surface area contributed by atoms with E-state index in [9.17, 15) is 4.39 Å². The summed E-state index contributed by atoms with van der Waals surface area (Å²) in [4.78, 5) is 18.7. The van der Waals surface area contributed by atoms with E-state index in [4.69, 9.17) is 32.8 Å². The molecule has 1 aliphatic carbocycles. The van der Waals surface area contributed by atoms with Gasteiger partial charge in [-0.1, -0.05) is 22.9 Å². The molecule has 2 bridgehead atoms. The van der Waals surface area contributed by atoms with Crippen molar-refractivity contribution >= 4 is 55.0 Å². The number of piperidine rings is 1. The molecule has 1 saturated carbocycles. The first-order chi connectivity index (χ1) is 20.8. The summed E-state index contributed by atoms with van der Waals surface area (Å²) < 4.78 is 38.1. The van der Waals surface area contributed by atoms with Gasteiger partial charge in [0.1, 0.15) is 23.8 Å². The zero-order chi connectivity index (χ0) is 29.5. The van der Waals surface area contributed by atoms with Gasteiger partial charge in [-0.05, 0) is 94.1 Å². The fourth-order valence-electron chi connectivity index (χ4n) is 8.46. The van der Waals surface area contributed by atoms with Gasteiger partial charge in [0, 0.05) is 29.6 Å². The predicted octanol–water partition coefficient (Wildman–Crippen LogP) is 5.85. The number of nitrogens with two attached hydrogens (primary N) is 2. The summed E-state index contributed by atoms with van der Waals surface area (Å²) in [5.74, 6) is 0.974. The molecular weight excluding hydrogens is 592 g/mol. The molecule has 4 fully saturated rings. The first-order valence-electron chi connectivity index (χ1n) is 15.2. The average molecular weight is 626 g/mol. The van der Waals surface area contributed by atoms with E-state index in [-0.39, 0.29) is 43.0 Å². The minimum atomic E-state index is -0.614. The third kappa shape index (κ3) is 4.37. The van der Waals surface area contributed by atoms with Crippen molar-refractivity contribution in [3.8, 4) is 17.1 Å². The summed E-state index contributed by atoms with van der Waals surface area (Å²) in [6.07, 6.45) is 6.71. The van der Waals surface area contributed by atoms with Crippen LogP contribution in [0.4, 0.5) is 19.7 Å². The number of halogens is 3. The normalized spacial score (nSPS) is 24.8. The average Bonchev–Trinajstić information content (AvgIpc) is 3.74. The summed E-state index contributed by atoms with van der Waals surface area (Å²) in [6, 6.07) is 4.68. The molecule has 0 radical (unpaired) electrons. The fourth-order valence-corrected chi connectivity index (χ4v) is 9.52. The number of aromatic nitrogens is 3. The Morgan fingerprint density at radius 2 is 1.79 bits per heavy atom. The van der Waals surface area contributed by atoms with Crippen LogP contribution in [0.15, 0.2) is 18.2 Å². The summed E-state index contributed by atoms with van der Waals surface area (Å²) in [5, 5.41) is 0.901. The Balaban J connectivity index is 1.26. The summed E-state index contributed by atoms with van der Waals surface area (Å²) in [5.41, 5.74) is 12.9. The van der Waals surface area contributed by atoms with Crippen LogP contribution in [-0.4, -0.2) is 64.7 Å². The smallest absolute Gasteiger partial charge is 0.319 e. The van der Waals surface area contributed by atoms with Gasteiger partial charge in [0.05, 0.1) is 20.8 Å². The molecule has 5 heterocycles. The monoisotopic (exact) mass is 625 g/mol. The molecule has 3 saturated heterocycles. The number of thiazole rings is 1. The second-order valence-corrected chi connectivity index (χ2v) is 14.1. The van der Waals surface area contributed by atoms with E-state index in [1.54, 1.807) is 6.07 Å². The van der Waals surface area contributed by atoms with E-state index >= 15 is 4.39 Å². The van der Waals surface area contributed by atoms with Crippen LogP contribution < -0.4 is 21.1 Å². The molecule has 2 aromatic heterocycles. The Bertz CT molecular complexity index is 1730. The highest BCUT2D eigenvalue weighted by molar-refractivity contribution is 7.22. The standard InChI is InChI=1S/C31H34ClF2N7OS/c32-21-11-19-25(24(34)23(21)18-5-6-22(33)27-26(18)37-29(36)43-27)38-30(42-15-31-7-1-9-41(31)10-2-8-31)39-28(19)40-13-16-3-4-17(14-40)20(16)12-35/h5-6,11,16-17,20H,1-4,7-10,12-15,35H2,(H2,36,37). The number of hydrogen-bond acceptors (Lipinski definition) is 9. The van der Waals surface area contributed by atoms with Crippen molar-refractivity contribution in [2.45, 2.75) is 44.1 Å². The molecule has 12 heteroatoms. The first kappa shape index (κ1) is 27.7. The van der Waals surface area contributed by atoms with Crippen molar-refractivity contribution in [2.75, 3.05) is 50.0 Å². The topological polar surface area (TPSA) is 106 Å². The number of benzene rings is 2. The lowest BCUT2D eigenvalue weighted by molar-refractivity contribution is 0.108. The quantitative estimate of drug-likeness (QED) is 0.275. The molecule has 0 spiro atoms. The van der Waals surface area contributed by atoms with Crippen LogP contribution in [0.1, 0.15) is 38.5 Å². The maximum absolute atomic E-state index is 16.8. The van der Waals surface area contributed by atoms with Crippen molar-refractivity contribution in [1.82, 2.24) is 19.9 Å². The van der Waals surface area contributed by atoms with Crippen molar-refractivity contribution < 1.29 is 13.5 Å². The van der Waals surface area contributed by atoms with Crippen LogP contribution in [0.5, 0.6) is 6.01 Å². The van der Waals surface area contributed by atoms with Gasteiger partial charge in [0.25, 0.3) is 0 Å². The SMILES string of the molecule is NCC1C2CCC1CN(c1nc(OCC34CCCN3CCC4)nc3c(F)c(-c4ccc(F)c5sc(N)nc45)c(Cl)cc13)C2. The van der Waals surface area contributed by atoms with E-state index in [1.165, 1.54) is 12.1 Å². The third-order valence-electron chi connectivity index (χ3n) is 10.5. The first-order valence-corrected chi connectivity index (χ1v) is 16.4. The molecule has 2 aromatic carbocycles. The number of ether oxygens (including phenoxy) is 1. The lowest BCUT2D eigenvalue weighted by Crippen LogP contribution is -2.45. The Labute approximate surface area is 257 Å². The Morgan fingerprint density at radius 3 is 2.51 bits per heavy atom. The Morgan fingerprint density at radius 1 is 1.05 bits per heavy atom. The minimum absolute atomic E-state index is 0.00890. The van der Waals surface area contributed by atoms with Gasteiger partial charge in [0.15, 0.2) is 10.9 Å². The van der Waals surface area contributed by atoms with Crippen LogP contribution in [0, 0.1) is 29.4 Å². The van der Waals surface area contributed by atoms with Crippen LogP contribution >= 0.6 is 22.9 Å². The fraction of sp³-hybridized carbons (Fsp3) is 0.516. The van der Waals surface area contributed by atoms with E-state index in [0.29, 0.717) is 47.7 Å². The molecule has 2 atom stereocenters. The molecule has 2 unspecified atom stereocenters. The molecule has 8 rings (SSSR count). The predicted molar refractivity (Wildman–Crippen MR) is 167 cm³/mol. The van der Waals surface area contributed by atoms with Gasteiger partial charge in [-0.15, -0.1) is 0 Å². The number of nitrogens with zero attached hydrogens (tertiary/aromatic N) is 5. The highest BCUT2D eigenvalue weighted by Gasteiger charge is 2.45. The summed E-state index contributed by atoms with van der Waals surface area (Å²) >= 11 is 7.87. The van der Waals surface area contributed by atoms with Gasteiger partial charge in [-0.2, -0.15) is 9.97 Å². The van der Waals surface area contributed by atoms with Gasteiger partial charge >= 0.3 is 6.01 Å². The maximum Gasteiger partial charge on any atom is 0.319 e. The van der Waals surface area contributed by atoms with E-state index in [2.05, 4.69) is 19.8 Å². The van der Waals surface area contributed by atoms with E-state index in [1.807, 2.05) is 0 Å². The van der Waals surface area contributed by atoms with Gasteiger partial charge in [-0.25, -0.2) is 13.8 Å². The van der Waals surface area contributed by atoms with Crippen LogP contribution in [0.25, 0.3) is 32.2 Å². The number of hydrogen-bond donors (Lipinski definition) is 2. The third-order valence-corrected chi connectivity index (χ3v) is 11.7. The van der Waals surface area contributed by atoms with Crippen molar-refractivity contribution in [1.29, 1.82) is 0 Å². The molecule has 226 valence electrons. The largest absolute Gasteiger partial charge is 0.461 e. The van der Waals surface area contributed by atoms with Gasteiger partial charge in [0.2, 0.25) is 0 Å². The highest BCUT2D eigenvalue weighted by Crippen LogP contribution is 2.46. The Kier molecular flexibility index (Phi) is 6.67. The minimum Gasteiger partial charge on any atom is -0.461 e. The van der Waals surface area contributed by atoms with Crippen LogP contribution in [0.3, 0.4) is 0 Å². The number of anilines is 2. The molecule has 4 aromatic rings. The summed E-state index contributed by atoms with van der Waals surface area (Å²) in [6.45, 7) is 4.89. The highest BCUT2D eigenvalue weighted by atomic mass is 35.5. The lowest BCUT2D eigenvalue weighted by atomic mass is 9.85. The number of nitrogen functional groups attached to an aromatic ring is 1. The van der Waals surface area contributed by atoms with E-state index < -0.39 is 11.6 Å². The van der Waals surface area contributed by atoms with Gasteiger partial charge < -0.3 is 21.1 Å². The second kappa shape index (κ2) is 10.4. The number of fused-ring (bicyclic) bond motifs is 5. The molecule has 0 amide bonds. The molecule has 4 aliphatic rings. The lowest BCUT2D eigenvalue weighted by Gasteiger charge is -2.38. The molecular formula is C31H34ClF2N7OS. The van der Waals surface area contributed by atoms with Crippen LogP contribution in [0.2, 0.25) is 5.02 Å². The van der Waals surface area contributed by atoms with Crippen molar-refractivity contribution in [2.24, 2.45) is 23.5 Å². The van der Waals surface area contributed by atoms with E-state index in [0.717, 1.165) is 76.0 Å². The van der Waals surface area contributed by atoms with Gasteiger partial charge in [-0.3, -0.25) is 4.90 Å². The van der Waals surface area contributed by atoms with Crippen molar-refractivity contribution in [3.63, 3.8) is 0 Å². The molecule has 43 heavy (non-hydrogen) atoms. The maximum atomic E-state index is 16.8. The second-order valence-electron chi connectivity index (χ2n) is 12.7. The molecule has 4 N–H and O–H groups in total. The van der Waals surface area contributed by atoms with Crippen molar-refractivity contribution in [3.05, 3.63) is 34.9 Å². The Hall–Kier alpha value is -2.86.